The molecule has 126 valence electrons. The molecule has 0 radical (unpaired) electrons. The highest BCUT2D eigenvalue weighted by Gasteiger charge is 2.23. The molecule has 2 aliphatic heterocycles. The van der Waals surface area contributed by atoms with Crippen LogP contribution in [0.3, 0.4) is 0 Å². The second kappa shape index (κ2) is 6.39. The summed E-state index contributed by atoms with van der Waals surface area (Å²) in [5.74, 6) is 0.797. The number of halogens is 1. The van der Waals surface area contributed by atoms with Crippen LogP contribution in [0.5, 0.6) is 11.5 Å². The Labute approximate surface area is 143 Å². The lowest BCUT2D eigenvalue weighted by Gasteiger charge is -2.18. The van der Waals surface area contributed by atoms with Gasteiger partial charge in [-0.05, 0) is 41.5 Å². The molecule has 2 heterocycles. The first-order valence-electron chi connectivity index (χ1n) is 7.83. The lowest BCUT2D eigenvalue weighted by Crippen LogP contribution is -2.15. The number of rotatable bonds is 3. The smallest absolute Gasteiger partial charge is 0.363 e. The van der Waals surface area contributed by atoms with E-state index in [1.54, 1.807) is 30.3 Å². The molecule has 2 aliphatic rings. The van der Waals surface area contributed by atoms with Gasteiger partial charge in [-0.2, -0.15) is 0 Å². The Hall–Kier alpha value is -3.15. The zero-order valence-corrected chi connectivity index (χ0v) is 13.2. The van der Waals surface area contributed by atoms with Crippen molar-refractivity contribution in [3.05, 3.63) is 65.1 Å². The molecule has 0 aromatic heterocycles. The minimum atomic E-state index is -0.507. The van der Waals surface area contributed by atoms with Gasteiger partial charge in [-0.3, -0.25) is 0 Å². The first-order valence-corrected chi connectivity index (χ1v) is 7.83. The number of hydrogen-bond donors (Lipinski definition) is 0. The van der Waals surface area contributed by atoms with Gasteiger partial charge in [-0.15, -0.1) is 0 Å². The molecule has 0 N–H and O–H groups in total. The number of cyclic esters (lactones) is 1. The summed E-state index contributed by atoms with van der Waals surface area (Å²) >= 11 is 0. The van der Waals surface area contributed by atoms with Crippen molar-refractivity contribution in [3.8, 4) is 11.5 Å². The highest BCUT2D eigenvalue weighted by molar-refractivity contribution is 6.07. The summed E-state index contributed by atoms with van der Waals surface area (Å²) < 4.78 is 29.1. The average molecular weight is 339 g/mol. The van der Waals surface area contributed by atoms with E-state index in [1.807, 2.05) is 6.07 Å². The lowest BCUT2D eigenvalue weighted by molar-refractivity contribution is -0.130. The number of aliphatic imine (C=N–C) groups is 1. The van der Waals surface area contributed by atoms with Crippen molar-refractivity contribution in [3.63, 3.8) is 0 Å². The van der Waals surface area contributed by atoms with Gasteiger partial charge in [-0.25, -0.2) is 14.2 Å². The van der Waals surface area contributed by atoms with E-state index in [0.29, 0.717) is 37.0 Å². The molecule has 0 aliphatic carbocycles. The first kappa shape index (κ1) is 15.4. The van der Waals surface area contributed by atoms with Crippen LogP contribution in [0, 0.1) is 5.82 Å². The van der Waals surface area contributed by atoms with Gasteiger partial charge in [0.05, 0.1) is 0 Å². The van der Waals surface area contributed by atoms with Gasteiger partial charge >= 0.3 is 5.97 Å². The van der Waals surface area contributed by atoms with Gasteiger partial charge in [0.2, 0.25) is 5.90 Å². The SMILES string of the molecule is O=C1OC(Cc2ccc(F)cc2)=N/C1=C/c1ccc2c(c1)OCCO2. The van der Waals surface area contributed by atoms with Gasteiger partial charge in [0.25, 0.3) is 0 Å². The van der Waals surface area contributed by atoms with E-state index in [0.717, 1.165) is 11.1 Å². The van der Waals surface area contributed by atoms with Crippen LogP contribution in [-0.4, -0.2) is 25.1 Å². The fourth-order valence-corrected chi connectivity index (χ4v) is 2.61. The molecule has 2 aromatic rings. The van der Waals surface area contributed by atoms with E-state index in [4.69, 9.17) is 14.2 Å². The first-order chi connectivity index (χ1) is 12.2. The summed E-state index contributed by atoms with van der Waals surface area (Å²) in [5.41, 5.74) is 1.80. The number of esters is 1. The predicted octanol–water partition coefficient (Wildman–Crippen LogP) is 3.14. The Kier molecular flexibility index (Phi) is 3.93. The summed E-state index contributed by atoms with van der Waals surface area (Å²) in [7, 11) is 0. The van der Waals surface area contributed by atoms with Gasteiger partial charge < -0.3 is 14.2 Å². The number of hydrogen-bond acceptors (Lipinski definition) is 5. The van der Waals surface area contributed by atoms with Crippen molar-refractivity contribution in [2.24, 2.45) is 4.99 Å². The number of nitrogens with zero attached hydrogens (tertiary/aromatic N) is 1. The lowest BCUT2D eigenvalue weighted by atomic mass is 10.1. The second-order valence-corrected chi connectivity index (χ2v) is 5.63. The summed E-state index contributed by atoms with van der Waals surface area (Å²) in [6, 6.07) is 11.4. The molecular formula is C19H14FNO4. The number of fused-ring (bicyclic) bond motifs is 1. The van der Waals surface area contributed by atoms with Crippen LogP contribution in [0.4, 0.5) is 4.39 Å². The standard InChI is InChI=1S/C19H14FNO4/c20-14-4-1-12(2-5-14)11-18-21-15(19(22)25-18)9-13-3-6-16-17(10-13)24-8-7-23-16/h1-6,9-10H,7-8,11H2/b15-9+. The third-order valence-electron chi connectivity index (χ3n) is 3.80. The quantitative estimate of drug-likeness (QED) is 0.637. The van der Waals surface area contributed by atoms with E-state index >= 15 is 0 Å². The van der Waals surface area contributed by atoms with Gasteiger partial charge in [0.1, 0.15) is 19.0 Å². The van der Waals surface area contributed by atoms with E-state index in [2.05, 4.69) is 4.99 Å². The maximum absolute atomic E-state index is 12.9. The minimum Gasteiger partial charge on any atom is -0.486 e. The maximum atomic E-state index is 12.9. The molecule has 0 unspecified atom stereocenters. The molecule has 0 saturated carbocycles. The Morgan fingerprint density at radius 2 is 1.80 bits per heavy atom. The van der Waals surface area contributed by atoms with Crippen molar-refractivity contribution in [1.82, 2.24) is 0 Å². The van der Waals surface area contributed by atoms with E-state index in [-0.39, 0.29) is 11.5 Å². The Morgan fingerprint density at radius 3 is 2.60 bits per heavy atom. The Morgan fingerprint density at radius 1 is 1.04 bits per heavy atom. The fourth-order valence-electron chi connectivity index (χ4n) is 2.61. The molecule has 5 nitrogen and oxygen atoms in total. The monoisotopic (exact) mass is 339 g/mol. The van der Waals surface area contributed by atoms with Gasteiger partial charge in [-0.1, -0.05) is 18.2 Å². The van der Waals surface area contributed by atoms with Crippen molar-refractivity contribution in [2.75, 3.05) is 13.2 Å². The third kappa shape index (κ3) is 3.38. The van der Waals surface area contributed by atoms with Crippen LogP contribution in [-0.2, 0) is 16.0 Å². The molecule has 0 bridgehead atoms. The zero-order chi connectivity index (χ0) is 17.2. The van der Waals surface area contributed by atoms with Crippen LogP contribution in [0.25, 0.3) is 6.08 Å². The average Bonchev–Trinajstić information content (AvgIpc) is 2.96. The zero-order valence-electron chi connectivity index (χ0n) is 13.2. The summed E-state index contributed by atoms with van der Waals surface area (Å²) in [4.78, 5) is 16.2. The normalized spacial score (nSPS) is 17.4. The molecule has 0 atom stereocenters. The van der Waals surface area contributed by atoms with Crippen molar-refractivity contribution in [2.45, 2.75) is 6.42 Å². The molecule has 6 heteroatoms. The highest BCUT2D eigenvalue weighted by atomic mass is 19.1. The Balaban J connectivity index is 1.55. The number of carbonyl (C=O) groups is 1. The largest absolute Gasteiger partial charge is 0.486 e. The van der Waals surface area contributed by atoms with E-state index in [9.17, 15) is 9.18 Å². The minimum absolute atomic E-state index is 0.216. The molecule has 25 heavy (non-hydrogen) atoms. The second-order valence-electron chi connectivity index (χ2n) is 5.63. The fraction of sp³-hybridized carbons (Fsp3) is 0.158. The van der Waals surface area contributed by atoms with Crippen molar-refractivity contribution >= 4 is 17.9 Å². The highest BCUT2D eigenvalue weighted by Crippen LogP contribution is 2.31. The molecule has 2 aromatic carbocycles. The molecule has 0 saturated heterocycles. The van der Waals surface area contributed by atoms with Crippen LogP contribution in [0.1, 0.15) is 11.1 Å². The van der Waals surface area contributed by atoms with Crippen molar-refractivity contribution in [1.29, 1.82) is 0 Å². The topological polar surface area (TPSA) is 57.1 Å². The van der Waals surface area contributed by atoms with E-state index in [1.165, 1.54) is 12.1 Å². The third-order valence-corrected chi connectivity index (χ3v) is 3.80. The summed E-state index contributed by atoms with van der Waals surface area (Å²) in [6.45, 7) is 1.02. The predicted molar refractivity (Wildman–Crippen MR) is 89.0 cm³/mol. The van der Waals surface area contributed by atoms with Crippen LogP contribution in [0.15, 0.2) is 53.2 Å². The number of ether oxygens (including phenoxy) is 3. The van der Waals surface area contributed by atoms with Crippen LogP contribution in [0.2, 0.25) is 0 Å². The molecule has 0 amide bonds. The van der Waals surface area contributed by atoms with Crippen LogP contribution < -0.4 is 9.47 Å². The van der Waals surface area contributed by atoms with Crippen molar-refractivity contribution < 1.29 is 23.4 Å². The number of carbonyl (C=O) groups excluding carboxylic acids is 1. The maximum Gasteiger partial charge on any atom is 0.363 e. The van der Waals surface area contributed by atoms with E-state index < -0.39 is 5.97 Å². The van der Waals surface area contributed by atoms with Gasteiger partial charge in [0, 0.05) is 6.42 Å². The molecular weight excluding hydrogens is 325 g/mol. The summed E-state index contributed by atoms with van der Waals surface area (Å²) in [5, 5.41) is 0. The van der Waals surface area contributed by atoms with Crippen LogP contribution >= 0.6 is 0 Å². The molecule has 4 rings (SSSR count). The molecule has 0 fully saturated rings. The summed E-state index contributed by atoms with van der Waals surface area (Å²) in [6.07, 6.45) is 1.96. The van der Waals surface area contributed by atoms with Gasteiger partial charge in [0.15, 0.2) is 17.2 Å². The Bertz CT molecular complexity index is 887. The molecule has 0 spiro atoms. The number of benzene rings is 2.